The van der Waals surface area contributed by atoms with Crippen molar-refractivity contribution in [1.82, 2.24) is 25.0 Å². The van der Waals surface area contributed by atoms with Gasteiger partial charge in [-0.25, -0.2) is 4.98 Å². The summed E-state index contributed by atoms with van der Waals surface area (Å²) in [7, 11) is 0. The highest BCUT2D eigenvalue weighted by molar-refractivity contribution is 5.87. The molecule has 23 heavy (non-hydrogen) atoms. The number of carbonyl (C=O) groups is 2. The maximum Gasteiger partial charge on any atom is 0.241 e. The lowest BCUT2D eigenvalue weighted by Crippen LogP contribution is -2.49. The highest BCUT2D eigenvalue weighted by atomic mass is 16.2. The third kappa shape index (κ3) is 5.02. The molecule has 3 N–H and O–H groups in total. The number of aromatic nitrogens is 3. The molecule has 8 nitrogen and oxygen atoms in total. The molecular weight excluding hydrogens is 296 g/mol. The Balaban J connectivity index is 1.79. The van der Waals surface area contributed by atoms with E-state index in [9.17, 15) is 9.59 Å². The van der Waals surface area contributed by atoms with Crippen LogP contribution in [0.1, 0.15) is 26.7 Å². The molecule has 8 heteroatoms. The molecule has 0 bridgehead atoms. The van der Waals surface area contributed by atoms with Gasteiger partial charge in [-0.2, -0.15) is 5.10 Å². The largest absolute Gasteiger partial charge is 0.346 e. The predicted octanol–water partition coefficient (Wildman–Crippen LogP) is -0.384. The van der Waals surface area contributed by atoms with Crippen LogP contribution >= 0.6 is 0 Å². The summed E-state index contributed by atoms with van der Waals surface area (Å²) in [6, 6.07) is -0.579. The normalized spacial score (nSPS) is 19.7. The fourth-order valence-electron chi connectivity index (χ4n) is 2.73. The fraction of sp³-hybridized carbons (Fsp3) is 0.733. The molecule has 1 aliphatic heterocycles. The van der Waals surface area contributed by atoms with E-state index >= 15 is 0 Å². The molecule has 1 aromatic rings. The first-order valence-electron chi connectivity index (χ1n) is 8.11. The molecule has 1 saturated heterocycles. The SMILES string of the molecule is CC(C)[C@H](N)C(=O)NCC(=O)N1CCCC(Cn2cncn2)C1. The summed E-state index contributed by atoms with van der Waals surface area (Å²) in [6.45, 7) is 5.95. The maximum atomic E-state index is 12.3. The van der Waals surface area contributed by atoms with Gasteiger partial charge in [-0.3, -0.25) is 14.3 Å². The summed E-state index contributed by atoms with van der Waals surface area (Å²) < 4.78 is 1.79. The first kappa shape index (κ1) is 17.4. The highest BCUT2D eigenvalue weighted by Crippen LogP contribution is 2.17. The maximum absolute atomic E-state index is 12.3. The highest BCUT2D eigenvalue weighted by Gasteiger charge is 2.25. The average molecular weight is 322 g/mol. The lowest BCUT2D eigenvalue weighted by Gasteiger charge is -2.32. The zero-order chi connectivity index (χ0) is 16.8. The van der Waals surface area contributed by atoms with E-state index in [0.29, 0.717) is 12.5 Å². The summed E-state index contributed by atoms with van der Waals surface area (Å²) in [5, 5.41) is 6.75. The molecular formula is C15H26N6O2. The molecule has 128 valence electrons. The quantitative estimate of drug-likeness (QED) is 0.742. The van der Waals surface area contributed by atoms with Gasteiger partial charge in [0.15, 0.2) is 0 Å². The number of likely N-dealkylation sites (tertiary alicyclic amines) is 1. The Morgan fingerprint density at radius 1 is 1.43 bits per heavy atom. The first-order valence-corrected chi connectivity index (χ1v) is 8.11. The number of nitrogens with zero attached hydrogens (tertiary/aromatic N) is 4. The van der Waals surface area contributed by atoms with Gasteiger partial charge in [-0.1, -0.05) is 13.8 Å². The van der Waals surface area contributed by atoms with Crippen LogP contribution in [-0.2, 0) is 16.1 Å². The van der Waals surface area contributed by atoms with E-state index in [1.165, 1.54) is 6.33 Å². The van der Waals surface area contributed by atoms with Gasteiger partial charge in [0.05, 0.1) is 12.6 Å². The number of nitrogens with one attached hydrogen (secondary N) is 1. The summed E-state index contributed by atoms with van der Waals surface area (Å²) in [6.07, 6.45) is 5.23. The molecule has 0 aromatic carbocycles. The van der Waals surface area contributed by atoms with Crippen molar-refractivity contribution >= 4 is 11.8 Å². The Hall–Kier alpha value is -1.96. The van der Waals surface area contributed by atoms with Gasteiger partial charge in [0, 0.05) is 19.6 Å². The van der Waals surface area contributed by atoms with Crippen molar-refractivity contribution in [2.45, 2.75) is 39.3 Å². The van der Waals surface area contributed by atoms with Crippen molar-refractivity contribution in [3.05, 3.63) is 12.7 Å². The minimum Gasteiger partial charge on any atom is -0.346 e. The number of piperidine rings is 1. The standard InChI is InChI=1S/C15H26N6O2/c1-11(2)14(16)15(23)18-6-13(22)20-5-3-4-12(7-20)8-21-10-17-9-19-21/h9-12,14H,3-8,16H2,1-2H3,(H,18,23)/t12?,14-/m0/s1. The molecule has 0 saturated carbocycles. The monoisotopic (exact) mass is 322 g/mol. The first-order chi connectivity index (χ1) is 11.0. The van der Waals surface area contributed by atoms with Gasteiger partial charge in [0.1, 0.15) is 12.7 Å². The summed E-state index contributed by atoms with van der Waals surface area (Å²) in [4.78, 5) is 29.8. The van der Waals surface area contributed by atoms with Crippen LogP contribution < -0.4 is 11.1 Å². The number of rotatable bonds is 6. The second kappa shape index (κ2) is 8.05. The second-order valence-corrected chi connectivity index (χ2v) is 6.45. The third-order valence-electron chi connectivity index (χ3n) is 4.22. The molecule has 2 heterocycles. The molecule has 1 fully saturated rings. The summed E-state index contributed by atoms with van der Waals surface area (Å²) in [5.74, 6) is 0.0808. The van der Waals surface area contributed by atoms with Crippen LogP contribution in [0.25, 0.3) is 0 Å². The van der Waals surface area contributed by atoms with Crippen LogP contribution in [0.2, 0.25) is 0 Å². The molecule has 1 aliphatic rings. The number of hydrogen-bond acceptors (Lipinski definition) is 5. The summed E-state index contributed by atoms with van der Waals surface area (Å²) in [5.41, 5.74) is 5.77. The molecule has 2 atom stereocenters. The Kier molecular flexibility index (Phi) is 6.09. The molecule has 2 amide bonds. The van der Waals surface area contributed by atoms with Gasteiger partial charge >= 0.3 is 0 Å². The number of nitrogens with two attached hydrogens (primary N) is 1. The molecule has 0 spiro atoms. The Morgan fingerprint density at radius 3 is 2.87 bits per heavy atom. The van der Waals surface area contributed by atoms with Crippen LogP contribution in [0, 0.1) is 11.8 Å². The van der Waals surface area contributed by atoms with Crippen LogP contribution in [-0.4, -0.2) is 57.2 Å². The minimum absolute atomic E-state index is 0.00922. The van der Waals surface area contributed by atoms with Crippen molar-refractivity contribution in [3.63, 3.8) is 0 Å². The van der Waals surface area contributed by atoms with Crippen LogP contribution in [0.3, 0.4) is 0 Å². The lowest BCUT2D eigenvalue weighted by molar-refractivity contribution is -0.134. The predicted molar refractivity (Wildman–Crippen MR) is 85.1 cm³/mol. The van der Waals surface area contributed by atoms with Crippen LogP contribution in [0.15, 0.2) is 12.7 Å². The zero-order valence-electron chi connectivity index (χ0n) is 13.8. The van der Waals surface area contributed by atoms with Crippen molar-refractivity contribution in [1.29, 1.82) is 0 Å². The van der Waals surface area contributed by atoms with Gasteiger partial charge < -0.3 is 16.0 Å². The average Bonchev–Trinajstić information content (AvgIpc) is 3.04. The Morgan fingerprint density at radius 2 is 2.22 bits per heavy atom. The van der Waals surface area contributed by atoms with E-state index in [1.807, 2.05) is 18.7 Å². The van der Waals surface area contributed by atoms with Crippen molar-refractivity contribution in [2.75, 3.05) is 19.6 Å². The smallest absolute Gasteiger partial charge is 0.241 e. The van der Waals surface area contributed by atoms with Gasteiger partial charge in [0.25, 0.3) is 0 Å². The second-order valence-electron chi connectivity index (χ2n) is 6.45. The van der Waals surface area contributed by atoms with Crippen molar-refractivity contribution in [2.24, 2.45) is 17.6 Å². The lowest BCUT2D eigenvalue weighted by atomic mass is 9.98. The number of carbonyl (C=O) groups excluding carboxylic acids is 2. The molecule has 1 aromatic heterocycles. The van der Waals surface area contributed by atoms with Crippen LogP contribution in [0.5, 0.6) is 0 Å². The molecule has 1 unspecified atom stereocenters. The zero-order valence-corrected chi connectivity index (χ0v) is 13.8. The van der Waals surface area contributed by atoms with E-state index < -0.39 is 6.04 Å². The van der Waals surface area contributed by atoms with Gasteiger partial charge in [-0.05, 0) is 24.7 Å². The Labute approximate surface area is 136 Å². The topological polar surface area (TPSA) is 106 Å². The van der Waals surface area contributed by atoms with E-state index in [1.54, 1.807) is 11.0 Å². The molecule has 0 radical (unpaired) electrons. The van der Waals surface area contributed by atoms with Gasteiger partial charge in [-0.15, -0.1) is 0 Å². The summed E-state index contributed by atoms with van der Waals surface area (Å²) >= 11 is 0. The van der Waals surface area contributed by atoms with E-state index in [4.69, 9.17) is 5.73 Å². The minimum atomic E-state index is -0.579. The van der Waals surface area contributed by atoms with Crippen molar-refractivity contribution < 1.29 is 9.59 Å². The number of hydrogen-bond donors (Lipinski definition) is 2. The van der Waals surface area contributed by atoms with Gasteiger partial charge in [0.2, 0.25) is 11.8 Å². The molecule has 2 rings (SSSR count). The van der Waals surface area contributed by atoms with E-state index in [0.717, 1.165) is 25.9 Å². The number of amides is 2. The van der Waals surface area contributed by atoms with E-state index in [-0.39, 0.29) is 24.3 Å². The van der Waals surface area contributed by atoms with Crippen molar-refractivity contribution in [3.8, 4) is 0 Å². The van der Waals surface area contributed by atoms with Crippen LogP contribution in [0.4, 0.5) is 0 Å². The fourth-order valence-corrected chi connectivity index (χ4v) is 2.73. The van der Waals surface area contributed by atoms with E-state index in [2.05, 4.69) is 15.4 Å². The molecule has 0 aliphatic carbocycles. The Bertz CT molecular complexity index is 516. The third-order valence-corrected chi connectivity index (χ3v) is 4.22.